The van der Waals surface area contributed by atoms with Crippen LogP contribution in [0.5, 0.6) is 11.5 Å². The first-order chi connectivity index (χ1) is 14.8. The SMILES string of the molecule is COc1cc2c(cc1OC)CN(C(=O)C1(c3ccccc3)C=NN=C1C(F)(F)F)CC2. The summed E-state index contributed by atoms with van der Waals surface area (Å²) in [6, 6.07) is 11.4. The minimum atomic E-state index is -4.81. The molecular formula is C22H20F3N3O3. The molecule has 2 aromatic rings. The van der Waals surface area contributed by atoms with Gasteiger partial charge in [0.1, 0.15) is 0 Å². The molecule has 4 rings (SSSR count). The molecule has 1 atom stereocenters. The second kappa shape index (κ2) is 7.72. The van der Waals surface area contributed by atoms with Gasteiger partial charge < -0.3 is 14.4 Å². The molecule has 0 saturated carbocycles. The van der Waals surface area contributed by atoms with E-state index in [9.17, 15) is 18.0 Å². The number of hydrogen-bond acceptors (Lipinski definition) is 5. The lowest BCUT2D eigenvalue weighted by Crippen LogP contribution is -2.56. The Morgan fingerprint density at radius 1 is 1.06 bits per heavy atom. The number of nitrogens with zero attached hydrogens (tertiary/aromatic N) is 3. The van der Waals surface area contributed by atoms with E-state index < -0.39 is 23.2 Å². The van der Waals surface area contributed by atoms with Crippen LogP contribution in [0.4, 0.5) is 13.2 Å². The van der Waals surface area contributed by atoms with E-state index in [4.69, 9.17) is 9.47 Å². The van der Waals surface area contributed by atoms with E-state index in [0.29, 0.717) is 17.9 Å². The number of alkyl halides is 3. The van der Waals surface area contributed by atoms with Crippen LogP contribution in [-0.2, 0) is 23.2 Å². The van der Waals surface area contributed by atoms with Crippen LogP contribution < -0.4 is 9.47 Å². The van der Waals surface area contributed by atoms with Crippen molar-refractivity contribution >= 4 is 17.8 Å². The Bertz CT molecular complexity index is 1070. The Labute approximate surface area is 177 Å². The molecule has 162 valence electrons. The van der Waals surface area contributed by atoms with Gasteiger partial charge in [-0.25, -0.2) is 0 Å². The molecular weight excluding hydrogens is 411 g/mol. The molecule has 2 heterocycles. The van der Waals surface area contributed by atoms with Crippen LogP contribution in [0.3, 0.4) is 0 Å². The molecule has 2 aliphatic heterocycles. The van der Waals surface area contributed by atoms with Crippen LogP contribution in [-0.4, -0.2) is 49.7 Å². The Kier molecular flexibility index (Phi) is 5.20. The standard InChI is InChI=1S/C22H20F3N3O3/c1-30-17-10-14-8-9-28(12-15(14)11-18(17)31-2)20(29)21(16-6-4-3-5-7-16)13-26-27-19(21)22(23,24)25/h3-7,10-11,13H,8-9,12H2,1-2H3. The molecule has 0 saturated heterocycles. The van der Waals surface area contributed by atoms with Gasteiger partial charge in [-0.1, -0.05) is 30.3 Å². The minimum Gasteiger partial charge on any atom is -0.493 e. The van der Waals surface area contributed by atoms with Crippen LogP contribution in [0.2, 0.25) is 0 Å². The fraction of sp³-hybridized carbons (Fsp3) is 0.318. The molecule has 0 aliphatic carbocycles. The largest absolute Gasteiger partial charge is 0.493 e. The van der Waals surface area contributed by atoms with E-state index in [1.807, 2.05) is 6.07 Å². The molecule has 0 radical (unpaired) electrons. The van der Waals surface area contributed by atoms with E-state index in [2.05, 4.69) is 10.2 Å². The summed E-state index contributed by atoms with van der Waals surface area (Å²) in [5, 5.41) is 6.85. The normalized spacial score (nSPS) is 20.3. The summed E-state index contributed by atoms with van der Waals surface area (Å²) in [6.07, 6.45) is -3.34. The van der Waals surface area contributed by atoms with E-state index in [1.165, 1.54) is 31.3 Å². The minimum absolute atomic E-state index is 0.141. The number of halogens is 3. The fourth-order valence-electron chi connectivity index (χ4n) is 4.09. The Morgan fingerprint density at radius 3 is 2.32 bits per heavy atom. The van der Waals surface area contributed by atoms with Crippen LogP contribution in [0.25, 0.3) is 0 Å². The predicted octanol–water partition coefficient (Wildman–Crippen LogP) is 3.53. The van der Waals surface area contributed by atoms with Crippen LogP contribution >= 0.6 is 0 Å². The third-order valence-electron chi connectivity index (χ3n) is 5.62. The lowest BCUT2D eigenvalue weighted by atomic mass is 9.75. The van der Waals surface area contributed by atoms with Gasteiger partial charge in [-0.15, -0.1) is 5.10 Å². The maximum atomic E-state index is 13.9. The molecule has 1 amide bonds. The number of benzene rings is 2. The lowest BCUT2D eigenvalue weighted by Gasteiger charge is -2.37. The molecule has 0 N–H and O–H groups in total. The third kappa shape index (κ3) is 3.43. The highest BCUT2D eigenvalue weighted by atomic mass is 19.4. The third-order valence-corrected chi connectivity index (χ3v) is 5.62. The topological polar surface area (TPSA) is 63.5 Å². The van der Waals surface area contributed by atoms with Gasteiger partial charge >= 0.3 is 6.18 Å². The summed E-state index contributed by atoms with van der Waals surface area (Å²) in [6.45, 7) is 0.400. The second-order valence-corrected chi connectivity index (χ2v) is 7.32. The van der Waals surface area contributed by atoms with Crippen molar-refractivity contribution in [3.8, 4) is 11.5 Å². The zero-order valence-electron chi connectivity index (χ0n) is 16.9. The van der Waals surface area contributed by atoms with Gasteiger partial charge in [-0.3, -0.25) is 4.79 Å². The van der Waals surface area contributed by atoms with Crippen molar-refractivity contribution in [1.82, 2.24) is 4.90 Å². The van der Waals surface area contributed by atoms with Crippen molar-refractivity contribution in [2.24, 2.45) is 10.2 Å². The first-order valence-electron chi connectivity index (χ1n) is 9.59. The quantitative estimate of drug-likeness (QED) is 0.744. The van der Waals surface area contributed by atoms with Crippen molar-refractivity contribution in [2.75, 3.05) is 20.8 Å². The van der Waals surface area contributed by atoms with Crippen LogP contribution in [0.1, 0.15) is 16.7 Å². The number of fused-ring (bicyclic) bond motifs is 1. The van der Waals surface area contributed by atoms with E-state index in [1.54, 1.807) is 24.3 Å². The number of carbonyl (C=O) groups is 1. The summed E-state index contributed by atoms with van der Waals surface area (Å²) < 4.78 is 52.3. The maximum absolute atomic E-state index is 13.9. The Morgan fingerprint density at radius 2 is 1.71 bits per heavy atom. The number of carbonyl (C=O) groups excluding carboxylic acids is 1. The van der Waals surface area contributed by atoms with E-state index >= 15 is 0 Å². The number of methoxy groups -OCH3 is 2. The summed E-state index contributed by atoms with van der Waals surface area (Å²) in [5.41, 5.74) is -1.42. The molecule has 31 heavy (non-hydrogen) atoms. The fourth-order valence-corrected chi connectivity index (χ4v) is 4.09. The Hall–Kier alpha value is -3.36. The van der Waals surface area contributed by atoms with Crippen molar-refractivity contribution in [1.29, 1.82) is 0 Å². The molecule has 2 aliphatic rings. The van der Waals surface area contributed by atoms with Crippen molar-refractivity contribution < 1.29 is 27.4 Å². The average Bonchev–Trinajstić information content (AvgIpc) is 3.24. The second-order valence-electron chi connectivity index (χ2n) is 7.32. The highest BCUT2D eigenvalue weighted by Crippen LogP contribution is 2.40. The van der Waals surface area contributed by atoms with Gasteiger partial charge in [0.2, 0.25) is 5.91 Å². The summed E-state index contributed by atoms with van der Waals surface area (Å²) in [7, 11) is 3.03. The zero-order chi connectivity index (χ0) is 22.2. The molecule has 0 spiro atoms. The summed E-state index contributed by atoms with van der Waals surface area (Å²) in [5.74, 6) is 0.348. The van der Waals surface area contributed by atoms with Gasteiger partial charge in [0.25, 0.3) is 0 Å². The number of hydrogen-bond donors (Lipinski definition) is 0. The van der Waals surface area contributed by atoms with Gasteiger partial charge in [-0.05, 0) is 35.2 Å². The molecule has 1 unspecified atom stereocenters. The molecule has 0 aromatic heterocycles. The first-order valence-corrected chi connectivity index (χ1v) is 9.59. The van der Waals surface area contributed by atoms with Crippen molar-refractivity contribution in [2.45, 2.75) is 24.6 Å². The van der Waals surface area contributed by atoms with E-state index in [0.717, 1.165) is 17.3 Å². The Balaban J connectivity index is 1.75. The first kappa shape index (κ1) is 20.9. The predicted molar refractivity (Wildman–Crippen MR) is 109 cm³/mol. The summed E-state index contributed by atoms with van der Waals surface area (Å²) >= 11 is 0. The average molecular weight is 431 g/mol. The zero-order valence-corrected chi connectivity index (χ0v) is 16.9. The molecule has 6 nitrogen and oxygen atoms in total. The van der Waals surface area contributed by atoms with Gasteiger partial charge in [-0.2, -0.15) is 18.3 Å². The number of rotatable bonds is 4. The highest BCUT2D eigenvalue weighted by Gasteiger charge is 2.58. The molecule has 9 heteroatoms. The highest BCUT2D eigenvalue weighted by molar-refractivity contribution is 6.29. The van der Waals surface area contributed by atoms with Crippen molar-refractivity contribution in [3.63, 3.8) is 0 Å². The smallest absolute Gasteiger partial charge is 0.433 e. The molecule has 2 aromatic carbocycles. The van der Waals surface area contributed by atoms with Gasteiger partial charge in [0.15, 0.2) is 22.6 Å². The molecule has 0 fully saturated rings. The van der Waals surface area contributed by atoms with Gasteiger partial charge in [0.05, 0.1) is 20.4 Å². The number of ether oxygens (including phenoxy) is 2. The maximum Gasteiger partial charge on any atom is 0.433 e. The lowest BCUT2D eigenvalue weighted by molar-refractivity contribution is -0.135. The van der Waals surface area contributed by atoms with Crippen molar-refractivity contribution in [3.05, 3.63) is 59.2 Å². The summed E-state index contributed by atoms with van der Waals surface area (Å²) in [4.78, 5) is 15.1. The van der Waals surface area contributed by atoms with Crippen LogP contribution in [0.15, 0.2) is 52.7 Å². The van der Waals surface area contributed by atoms with Gasteiger partial charge in [0, 0.05) is 13.1 Å². The number of amides is 1. The van der Waals surface area contributed by atoms with Crippen LogP contribution in [0, 0.1) is 0 Å². The monoisotopic (exact) mass is 431 g/mol. The van der Waals surface area contributed by atoms with E-state index in [-0.39, 0.29) is 18.7 Å². The molecule has 0 bridgehead atoms.